The molecular formula is C14H16N2O4. The largest absolute Gasteiger partial charge is 0.454 e. The molecule has 1 fully saturated rings. The first-order valence-electron chi connectivity index (χ1n) is 6.70. The van der Waals surface area contributed by atoms with Gasteiger partial charge in [0.1, 0.15) is 0 Å². The highest BCUT2D eigenvalue weighted by Gasteiger charge is 2.21. The van der Waals surface area contributed by atoms with Gasteiger partial charge < -0.3 is 19.7 Å². The third-order valence-corrected chi connectivity index (χ3v) is 3.41. The Bertz CT molecular complexity index is 544. The second-order valence-corrected chi connectivity index (χ2v) is 4.89. The molecule has 0 spiro atoms. The number of likely N-dealkylation sites (tertiary alicyclic amines) is 1. The monoisotopic (exact) mass is 276 g/mol. The van der Waals surface area contributed by atoms with Gasteiger partial charge in [0, 0.05) is 24.7 Å². The van der Waals surface area contributed by atoms with Crippen molar-refractivity contribution >= 4 is 17.5 Å². The normalized spacial score (nSPS) is 17.2. The minimum absolute atomic E-state index is 0.0529. The Morgan fingerprint density at radius 1 is 1.25 bits per heavy atom. The minimum Gasteiger partial charge on any atom is -0.454 e. The van der Waals surface area contributed by atoms with E-state index in [4.69, 9.17) is 9.47 Å². The molecule has 0 bridgehead atoms. The van der Waals surface area contributed by atoms with Crippen molar-refractivity contribution in [3.05, 3.63) is 18.2 Å². The van der Waals surface area contributed by atoms with E-state index in [2.05, 4.69) is 5.32 Å². The number of amides is 2. The van der Waals surface area contributed by atoms with E-state index in [1.165, 1.54) is 0 Å². The van der Waals surface area contributed by atoms with Crippen LogP contribution in [0.3, 0.4) is 0 Å². The summed E-state index contributed by atoms with van der Waals surface area (Å²) < 4.78 is 10.5. The van der Waals surface area contributed by atoms with Gasteiger partial charge in [-0.05, 0) is 25.0 Å². The Hall–Kier alpha value is -2.24. The van der Waals surface area contributed by atoms with Crippen LogP contribution in [0.2, 0.25) is 0 Å². The number of nitrogens with zero attached hydrogens (tertiary/aromatic N) is 1. The number of fused-ring (bicyclic) bond motifs is 1. The summed E-state index contributed by atoms with van der Waals surface area (Å²) >= 11 is 0. The van der Waals surface area contributed by atoms with E-state index < -0.39 is 0 Å². The summed E-state index contributed by atoms with van der Waals surface area (Å²) in [4.78, 5) is 25.2. The van der Waals surface area contributed by atoms with Crippen LogP contribution in [0.4, 0.5) is 5.69 Å². The number of rotatable bonds is 3. The lowest BCUT2D eigenvalue weighted by molar-refractivity contribution is -0.136. The number of anilines is 1. The SMILES string of the molecule is O=C(CN1CCCCC1=O)Nc1ccc2c(c1)OCO2. The fourth-order valence-electron chi connectivity index (χ4n) is 2.38. The van der Waals surface area contributed by atoms with E-state index in [0.29, 0.717) is 30.2 Å². The van der Waals surface area contributed by atoms with E-state index >= 15 is 0 Å². The zero-order valence-corrected chi connectivity index (χ0v) is 11.1. The van der Waals surface area contributed by atoms with Gasteiger partial charge in [-0.25, -0.2) is 0 Å². The Labute approximate surface area is 116 Å². The zero-order chi connectivity index (χ0) is 13.9. The summed E-state index contributed by atoms with van der Waals surface area (Å²) in [6.07, 6.45) is 2.42. The minimum atomic E-state index is -0.195. The van der Waals surface area contributed by atoms with Crippen LogP contribution < -0.4 is 14.8 Å². The predicted molar refractivity (Wildman–Crippen MR) is 71.6 cm³/mol. The van der Waals surface area contributed by atoms with Crippen LogP contribution in [0.15, 0.2) is 18.2 Å². The highest BCUT2D eigenvalue weighted by atomic mass is 16.7. The second-order valence-electron chi connectivity index (χ2n) is 4.89. The fourth-order valence-corrected chi connectivity index (χ4v) is 2.38. The first kappa shape index (κ1) is 12.8. The smallest absolute Gasteiger partial charge is 0.243 e. The van der Waals surface area contributed by atoms with E-state index in [1.807, 2.05) is 0 Å². The fraction of sp³-hybridized carbons (Fsp3) is 0.429. The molecule has 0 radical (unpaired) electrons. The maximum Gasteiger partial charge on any atom is 0.243 e. The van der Waals surface area contributed by atoms with E-state index in [9.17, 15) is 9.59 Å². The average Bonchev–Trinajstić information content (AvgIpc) is 2.89. The third-order valence-electron chi connectivity index (χ3n) is 3.41. The average molecular weight is 276 g/mol. The molecule has 6 nitrogen and oxygen atoms in total. The predicted octanol–water partition coefficient (Wildman–Crippen LogP) is 1.37. The van der Waals surface area contributed by atoms with Gasteiger partial charge in [-0.15, -0.1) is 0 Å². The van der Waals surface area contributed by atoms with E-state index in [1.54, 1.807) is 23.1 Å². The van der Waals surface area contributed by atoms with Crippen LogP contribution in [0, 0.1) is 0 Å². The maximum atomic E-state index is 11.9. The summed E-state index contributed by atoms with van der Waals surface area (Å²) in [5.74, 6) is 1.15. The Morgan fingerprint density at radius 2 is 2.10 bits per heavy atom. The number of nitrogens with one attached hydrogen (secondary N) is 1. The molecule has 0 atom stereocenters. The van der Waals surface area contributed by atoms with Gasteiger partial charge in [-0.1, -0.05) is 0 Å². The van der Waals surface area contributed by atoms with Crippen molar-refractivity contribution in [2.45, 2.75) is 19.3 Å². The zero-order valence-electron chi connectivity index (χ0n) is 11.1. The van der Waals surface area contributed by atoms with E-state index in [-0.39, 0.29) is 25.2 Å². The van der Waals surface area contributed by atoms with Gasteiger partial charge in [0.2, 0.25) is 18.6 Å². The van der Waals surface area contributed by atoms with Crippen molar-refractivity contribution in [3.63, 3.8) is 0 Å². The molecule has 0 saturated carbocycles. The van der Waals surface area contributed by atoms with Gasteiger partial charge >= 0.3 is 0 Å². The maximum absolute atomic E-state index is 11.9. The quantitative estimate of drug-likeness (QED) is 0.905. The molecule has 106 valence electrons. The van der Waals surface area contributed by atoms with Crippen LogP contribution in [0.5, 0.6) is 11.5 Å². The molecule has 2 aliphatic rings. The van der Waals surface area contributed by atoms with Gasteiger partial charge in [0.25, 0.3) is 0 Å². The van der Waals surface area contributed by atoms with Crippen molar-refractivity contribution in [2.75, 3.05) is 25.2 Å². The lowest BCUT2D eigenvalue weighted by Gasteiger charge is -2.25. The van der Waals surface area contributed by atoms with Gasteiger partial charge in [-0.3, -0.25) is 9.59 Å². The Kier molecular flexibility index (Phi) is 3.45. The number of carbonyl (C=O) groups is 2. The molecule has 1 aromatic rings. The molecule has 1 N–H and O–H groups in total. The molecular weight excluding hydrogens is 260 g/mol. The Morgan fingerprint density at radius 3 is 2.95 bits per heavy atom. The highest BCUT2D eigenvalue weighted by Crippen LogP contribution is 2.34. The number of ether oxygens (including phenoxy) is 2. The van der Waals surface area contributed by atoms with Crippen LogP contribution in [-0.4, -0.2) is 36.6 Å². The number of piperidine rings is 1. The topological polar surface area (TPSA) is 67.9 Å². The summed E-state index contributed by atoms with van der Waals surface area (Å²) in [6, 6.07) is 5.23. The summed E-state index contributed by atoms with van der Waals surface area (Å²) in [5, 5.41) is 2.77. The van der Waals surface area contributed by atoms with Crippen LogP contribution in [0.1, 0.15) is 19.3 Å². The molecule has 2 amide bonds. The lowest BCUT2D eigenvalue weighted by Crippen LogP contribution is -2.40. The van der Waals surface area contributed by atoms with Crippen molar-refractivity contribution in [1.29, 1.82) is 0 Å². The number of hydrogen-bond donors (Lipinski definition) is 1. The Balaban J connectivity index is 1.60. The number of carbonyl (C=O) groups excluding carboxylic acids is 2. The number of benzene rings is 1. The van der Waals surface area contributed by atoms with Crippen LogP contribution in [-0.2, 0) is 9.59 Å². The molecule has 0 aromatic heterocycles. The van der Waals surface area contributed by atoms with Crippen molar-refractivity contribution < 1.29 is 19.1 Å². The molecule has 1 saturated heterocycles. The van der Waals surface area contributed by atoms with Gasteiger partial charge in [0.05, 0.1) is 6.54 Å². The molecule has 6 heteroatoms. The molecule has 0 aliphatic carbocycles. The molecule has 3 rings (SSSR count). The lowest BCUT2D eigenvalue weighted by atomic mass is 10.1. The molecule has 1 aromatic carbocycles. The van der Waals surface area contributed by atoms with Gasteiger partial charge in [0.15, 0.2) is 11.5 Å². The molecule has 2 aliphatic heterocycles. The number of hydrogen-bond acceptors (Lipinski definition) is 4. The molecule has 20 heavy (non-hydrogen) atoms. The van der Waals surface area contributed by atoms with Crippen molar-refractivity contribution in [3.8, 4) is 11.5 Å². The molecule has 0 unspecified atom stereocenters. The second kappa shape index (κ2) is 5.40. The summed E-state index contributed by atoms with van der Waals surface area (Å²) in [5.41, 5.74) is 0.642. The van der Waals surface area contributed by atoms with Crippen molar-refractivity contribution in [1.82, 2.24) is 4.90 Å². The molecule has 2 heterocycles. The van der Waals surface area contributed by atoms with Gasteiger partial charge in [-0.2, -0.15) is 0 Å². The standard InChI is InChI=1S/C14H16N2O4/c17-13(8-16-6-2-1-3-14(16)18)15-10-4-5-11-12(7-10)20-9-19-11/h4-5,7H,1-3,6,8-9H2,(H,15,17). The summed E-state index contributed by atoms with van der Waals surface area (Å²) in [6.45, 7) is 0.968. The van der Waals surface area contributed by atoms with Crippen molar-refractivity contribution in [2.24, 2.45) is 0 Å². The highest BCUT2D eigenvalue weighted by molar-refractivity contribution is 5.94. The first-order chi connectivity index (χ1) is 9.72. The van der Waals surface area contributed by atoms with E-state index in [0.717, 1.165) is 12.8 Å². The van der Waals surface area contributed by atoms with Crippen LogP contribution in [0.25, 0.3) is 0 Å². The first-order valence-corrected chi connectivity index (χ1v) is 6.70. The third kappa shape index (κ3) is 2.68. The summed E-state index contributed by atoms with van der Waals surface area (Å²) in [7, 11) is 0. The van der Waals surface area contributed by atoms with Crippen LogP contribution >= 0.6 is 0 Å².